The second-order valence-electron chi connectivity index (χ2n) is 2.33. The lowest BCUT2D eigenvalue weighted by Gasteiger charge is -2.08. The van der Waals surface area contributed by atoms with Gasteiger partial charge in [0.25, 0.3) is 0 Å². The summed E-state index contributed by atoms with van der Waals surface area (Å²) < 4.78 is 4.58. The van der Waals surface area contributed by atoms with Crippen LogP contribution in [0, 0.1) is 0 Å². The third-order valence-electron chi connectivity index (χ3n) is 1.30. The minimum Gasteiger partial charge on any atom is -0.464 e. The van der Waals surface area contributed by atoms with Crippen molar-refractivity contribution in [3.63, 3.8) is 0 Å². The van der Waals surface area contributed by atoms with Crippen LogP contribution in [0.2, 0.25) is 0 Å². The molecule has 0 heterocycles. The Bertz CT molecular complexity index is 184. The van der Waals surface area contributed by atoms with Crippen LogP contribution in [-0.4, -0.2) is 23.8 Å². The number of ether oxygens (including phenoxy) is 1. The number of allylic oxidation sites excluding steroid dienone is 1. The van der Waals surface area contributed by atoms with Crippen molar-refractivity contribution in [1.29, 1.82) is 0 Å². The van der Waals surface area contributed by atoms with E-state index in [9.17, 15) is 4.79 Å². The molecule has 1 atom stereocenters. The normalized spacial score (nSPS) is 11.8. The van der Waals surface area contributed by atoms with Gasteiger partial charge in [-0.05, 0) is 6.92 Å². The van der Waals surface area contributed by atoms with Crippen LogP contribution in [0.3, 0.4) is 0 Å². The van der Waals surface area contributed by atoms with E-state index in [0.717, 1.165) is 0 Å². The Hall–Kier alpha value is -1.09. The maximum absolute atomic E-state index is 10.8. The molecule has 3 nitrogen and oxygen atoms in total. The van der Waals surface area contributed by atoms with Gasteiger partial charge in [0, 0.05) is 6.42 Å². The number of hydrogen-bond donors (Lipinski definition) is 1. The van der Waals surface area contributed by atoms with Crippen LogP contribution in [0.5, 0.6) is 0 Å². The number of carbonyl (C=O) groups excluding carboxylic acids is 1. The zero-order chi connectivity index (χ0) is 9.56. The van der Waals surface area contributed by atoms with Gasteiger partial charge in [-0.1, -0.05) is 24.8 Å². The zero-order valence-electron chi connectivity index (χ0n) is 7.25. The molecule has 0 saturated carbocycles. The monoisotopic (exact) mass is 170 g/mol. The molecule has 0 aliphatic heterocycles. The van der Waals surface area contributed by atoms with E-state index in [-0.39, 0.29) is 13.0 Å². The largest absolute Gasteiger partial charge is 0.464 e. The number of aliphatic hydroxyl groups excluding tert-OH is 1. The highest BCUT2D eigenvalue weighted by Gasteiger charge is 2.15. The van der Waals surface area contributed by atoms with Gasteiger partial charge in [-0.15, -0.1) is 0 Å². The van der Waals surface area contributed by atoms with Crippen molar-refractivity contribution < 1.29 is 14.6 Å². The van der Waals surface area contributed by atoms with Crippen LogP contribution in [0.15, 0.2) is 24.8 Å². The van der Waals surface area contributed by atoms with Gasteiger partial charge in [0.1, 0.15) is 0 Å². The Balaban J connectivity index is 3.85. The van der Waals surface area contributed by atoms with Crippen molar-refractivity contribution in [2.24, 2.45) is 0 Å². The number of hydrogen-bond acceptors (Lipinski definition) is 3. The van der Waals surface area contributed by atoms with Gasteiger partial charge in [0.05, 0.1) is 6.61 Å². The third-order valence-corrected chi connectivity index (χ3v) is 1.30. The summed E-state index contributed by atoms with van der Waals surface area (Å²) in [6, 6.07) is 0. The van der Waals surface area contributed by atoms with Gasteiger partial charge in [-0.3, -0.25) is 0 Å². The first-order valence-corrected chi connectivity index (χ1v) is 3.76. The summed E-state index contributed by atoms with van der Waals surface area (Å²) in [5, 5.41) is 9.17. The minimum absolute atomic E-state index is 0.183. The van der Waals surface area contributed by atoms with Crippen LogP contribution >= 0.6 is 0 Å². The Morgan fingerprint density at radius 1 is 1.75 bits per heavy atom. The number of aliphatic hydroxyl groups is 1. The standard InChI is InChI=1S/C9H14O3/c1-4-7(3)6-8(10)9(11)12-5-2/h4,8,10H,1,3,5-6H2,2H3. The molecule has 0 amide bonds. The molecule has 12 heavy (non-hydrogen) atoms. The fourth-order valence-electron chi connectivity index (χ4n) is 0.653. The molecule has 0 aromatic heterocycles. The number of rotatable bonds is 5. The molecule has 1 N–H and O–H groups in total. The van der Waals surface area contributed by atoms with E-state index in [1.807, 2.05) is 0 Å². The number of esters is 1. The Morgan fingerprint density at radius 3 is 2.75 bits per heavy atom. The van der Waals surface area contributed by atoms with Crippen LogP contribution < -0.4 is 0 Å². The molecule has 3 heteroatoms. The summed E-state index contributed by atoms with van der Waals surface area (Å²) in [6.07, 6.45) is 0.570. The topological polar surface area (TPSA) is 46.5 Å². The molecule has 0 rings (SSSR count). The molecule has 0 spiro atoms. The molecule has 0 aromatic carbocycles. The lowest BCUT2D eigenvalue weighted by molar-refractivity contribution is -0.152. The highest BCUT2D eigenvalue weighted by molar-refractivity contribution is 5.74. The van der Waals surface area contributed by atoms with Crippen molar-refractivity contribution in [1.82, 2.24) is 0 Å². The number of carbonyl (C=O) groups is 1. The maximum atomic E-state index is 10.8. The third kappa shape index (κ3) is 3.93. The van der Waals surface area contributed by atoms with Crippen LogP contribution in [0.1, 0.15) is 13.3 Å². The summed E-state index contributed by atoms with van der Waals surface area (Å²) in [6.45, 7) is 8.99. The minimum atomic E-state index is -1.12. The average Bonchev–Trinajstić information content (AvgIpc) is 2.04. The van der Waals surface area contributed by atoms with E-state index in [2.05, 4.69) is 17.9 Å². The summed E-state index contributed by atoms with van der Waals surface area (Å²) in [7, 11) is 0. The van der Waals surface area contributed by atoms with Crippen molar-refractivity contribution >= 4 is 5.97 Å². The molecule has 1 unspecified atom stereocenters. The maximum Gasteiger partial charge on any atom is 0.335 e. The van der Waals surface area contributed by atoms with Gasteiger partial charge in [-0.2, -0.15) is 0 Å². The Morgan fingerprint density at radius 2 is 2.33 bits per heavy atom. The van der Waals surface area contributed by atoms with Crippen molar-refractivity contribution in [2.75, 3.05) is 6.61 Å². The quantitative estimate of drug-likeness (QED) is 0.495. The van der Waals surface area contributed by atoms with Crippen molar-refractivity contribution in [3.8, 4) is 0 Å². The van der Waals surface area contributed by atoms with Gasteiger partial charge in [0.2, 0.25) is 0 Å². The van der Waals surface area contributed by atoms with E-state index in [4.69, 9.17) is 5.11 Å². The predicted molar refractivity (Wildman–Crippen MR) is 46.6 cm³/mol. The summed E-state index contributed by atoms with van der Waals surface area (Å²) in [5.41, 5.74) is 0.621. The van der Waals surface area contributed by atoms with Gasteiger partial charge in [0.15, 0.2) is 6.10 Å². The molecule has 0 bridgehead atoms. The highest BCUT2D eigenvalue weighted by Crippen LogP contribution is 2.04. The summed E-state index contributed by atoms with van der Waals surface area (Å²) >= 11 is 0. The van der Waals surface area contributed by atoms with E-state index in [0.29, 0.717) is 5.57 Å². The fourth-order valence-corrected chi connectivity index (χ4v) is 0.653. The molecule has 0 aliphatic carbocycles. The first kappa shape index (κ1) is 10.9. The second kappa shape index (κ2) is 5.55. The Labute approximate surface area is 72.3 Å². The molecule has 0 aliphatic rings. The smallest absolute Gasteiger partial charge is 0.335 e. The van der Waals surface area contributed by atoms with Gasteiger partial charge < -0.3 is 9.84 Å². The van der Waals surface area contributed by atoms with Gasteiger partial charge in [-0.25, -0.2) is 4.79 Å². The van der Waals surface area contributed by atoms with Crippen molar-refractivity contribution in [2.45, 2.75) is 19.4 Å². The molecular formula is C9H14O3. The highest BCUT2D eigenvalue weighted by atomic mass is 16.5. The van der Waals surface area contributed by atoms with Crippen LogP contribution in [0.25, 0.3) is 0 Å². The zero-order valence-corrected chi connectivity index (χ0v) is 7.25. The second-order valence-corrected chi connectivity index (χ2v) is 2.33. The van der Waals surface area contributed by atoms with E-state index < -0.39 is 12.1 Å². The van der Waals surface area contributed by atoms with Crippen molar-refractivity contribution in [3.05, 3.63) is 24.8 Å². The van der Waals surface area contributed by atoms with Gasteiger partial charge >= 0.3 is 5.97 Å². The molecule has 0 fully saturated rings. The molecule has 0 saturated heterocycles. The van der Waals surface area contributed by atoms with E-state index >= 15 is 0 Å². The first-order valence-electron chi connectivity index (χ1n) is 3.76. The summed E-state index contributed by atoms with van der Waals surface area (Å²) in [5.74, 6) is -0.611. The average molecular weight is 170 g/mol. The molecule has 0 aromatic rings. The van der Waals surface area contributed by atoms with E-state index in [1.165, 1.54) is 6.08 Å². The lowest BCUT2D eigenvalue weighted by Crippen LogP contribution is -2.23. The Kier molecular flexibility index (Phi) is 5.04. The van der Waals surface area contributed by atoms with Crippen LogP contribution in [-0.2, 0) is 9.53 Å². The predicted octanol–water partition coefficient (Wildman–Crippen LogP) is 1.04. The lowest BCUT2D eigenvalue weighted by atomic mass is 10.1. The molecule has 0 radical (unpaired) electrons. The van der Waals surface area contributed by atoms with Crippen LogP contribution in [0.4, 0.5) is 0 Å². The summed E-state index contributed by atoms with van der Waals surface area (Å²) in [4.78, 5) is 10.8. The first-order chi connectivity index (χ1) is 5.61. The fraction of sp³-hybridized carbons (Fsp3) is 0.444. The molecular weight excluding hydrogens is 156 g/mol. The molecule has 68 valence electrons. The van der Waals surface area contributed by atoms with E-state index in [1.54, 1.807) is 6.92 Å². The SMILES string of the molecule is C=CC(=C)CC(O)C(=O)OCC.